The molecule has 0 saturated carbocycles. The van der Waals surface area contributed by atoms with Crippen molar-refractivity contribution >= 4 is 5.69 Å². The Morgan fingerprint density at radius 2 is 1.89 bits per heavy atom. The van der Waals surface area contributed by atoms with Gasteiger partial charge in [-0.25, -0.2) is 0 Å². The highest BCUT2D eigenvalue weighted by atomic mass is 16.5. The molecule has 1 atom stereocenters. The van der Waals surface area contributed by atoms with E-state index in [4.69, 9.17) is 4.74 Å². The van der Waals surface area contributed by atoms with Crippen molar-refractivity contribution in [1.82, 2.24) is 0 Å². The fourth-order valence-corrected chi connectivity index (χ4v) is 1.71. The van der Waals surface area contributed by atoms with Crippen molar-refractivity contribution in [3.05, 3.63) is 60.2 Å². The largest absolute Gasteiger partial charge is 0.497 e. The zero-order valence-corrected chi connectivity index (χ0v) is 10.1. The number of nitrogens with one attached hydrogen (secondary N) is 1. The monoisotopic (exact) mass is 238 g/mol. The van der Waals surface area contributed by atoms with Gasteiger partial charge in [-0.15, -0.1) is 0 Å². The van der Waals surface area contributed by atoms with Gasteiger partial charge in [0.25, 0.3) is 0 Å². The number of nitriles is 1. The molecule has 3 heteroatoms. The van der Waals surface area contributed by atoms with E-state index in [2.05, 4.69) is 11.4 Å². The van der Waals surface area contributed by atoms with Crippen LogP contribution in [0.25, 0.3) is 0 Å². The van der Waals surface area contributed by atoms with Crippen LogP contribution in [0.3, 0.4) is 0 Å². The van der Waals surface area contributed by atoms with E-state index < -0.39 is 0 Å². The SMILES string of the molecule is COc1cccc(C(C#N)Nc2ccccc2)c1. The first-order valence-corrected chi connectivity index (χ1v) is 5.68. The topological polar surface area (TPSA) is 45.0 Å². The van der Waals surface area contributed by atoms with Gasteiger partial charge < -0.3 is 10.1 Å². The summed E-state index contributed by atoms with van der Waals surface area (Å²) in [6.45, 7) is 0. The highest BCUT2D eigenvalue weighted by Crippen LogP contribution is 2.22. The summed E-state index contributed by atoms with van der Waals surface area (Å²) < 4.78 is 5.16. The maximum atomic E-state index is 9.25. The standard InChI is InChI=1S/C15H14N2O/c1-18-14-9-5-6-12(10-14)15(11-16)17-13-7-3-2-4-8-13/h2-10,15,17H,1H3. The van der Waals surface area contributed by atoms with Gasteiger partial charge in [0.2, 0.25) is 0 Å². The molecule has 0 saturated heterocycles. The molecule has 0 heterocycles. The van der Waals surface area contributed by atoms with Crippen LogP contribution in [0.4, 0.5) is 5.69 Å². The third-order valence-corrected chi connectivity index (χ3v) is 2.64. The number of nitrogens with zero attached hydrogens (tertiary/aromatic N) is 1. The summed E-state index contributed by atoms with van der Waals surface area (Å²) in [6.07, 6.45) is 0. The summed E-state index contributed by atoms with van der Waals surface area (Å²) in [5.74, 6) is 0.752. The normalized spacial score (nSPS) is 11.3. The summed E-state index contributed by atoms with van der Waals surface area (Å²) >= 11 is 0. The van der Waals surface area contributed by atoms with Gasteiger partial charge in [-0.3, -0.25) is 0 Å². The van der Waals surface area contributed by atoms with Crippen molar-refractivity contribution in [2.24, 2.45) is 0 Å². The molecule has 2 rings (SSSR count). The molecule has 0 aromatic heterocycles. The molecule has 18 heavy (non-hydrogen) atoms. The van der Waals surface area contributed by atoms with Crippen LogP contribution in [-0.4, -0.2) is 7.11 Å². The molecule has 0 spiro atoms. The minimum absolute atomic E-state index is 0.387. The molecule has 0 bridgehead atoms. The minimum Gasteiger partial charge on any atom is -0.497 e. The van der Waals surface area contributed by atoms with E-state index in [0.29, 0.717) is 0 Å². The van der Waals surface area contributed by atoms with E-state index in [9.17, 15) is 5.26 Å². The van der Waals surface area contributed by atoms with E-state index in [-0.39, 0.29) is 6.04 Å². The molecular weight excluding hydrogens is 224 g/mol. The van der Waals surface area contributed by atoms with Gasteiger partial charge in [-0.2, -0.15) is 5.26 Å². The molecule has 0 aliphatic carbocycles. The zero-order valence-electron chi connectivity index (χ0n) is 10.1. The number of para-hydroxylation sites is 1. The minimum atomic E-state index is -0.387. The fraction of sp³-hybridized carbons (Fsp3) is 0.133. The van der Waals surface area contributed by atoms with Crippen molar-refractivity contribution in [2.75, 3.05) is 12.4 Å². The molecule has 0 amide bonds. The Bertz CT molecular complexity index is 546. The second-order valence-electron chi connectivity index (χ2n) is 3.85. The van der Waals surface area contributed by atoms with E-state index in [0.717, 1.165) is 17.0 Å². The molecule has 2 aromatic rings. The first-order valence-electron chi connectivity index (χ1n) is 5.68. The van der Waals surface area contributed by atoms with Crippen molar-refractivity contribution in [1.29, 1.82) is 5.26 Å². The molecule has 0 aliphatic rings. The number of hydrogen-bond donors (Lipinski definition) is 1. The summed E-state index contributed by atoms with van der Waals surface area (Å²) in [5.41, 5.74) is 1.81. The Morgan fingerprint density at radius 3 is 2.56 bits per heavy atom. The highest BCUT2D eigenvalue weighted by Gasteiger charge is 2.10. The third-order valence-electron chi connectivity index (χ3n) is 2.64. The smallest absolute Gasteiger partial charge is 0.140 e. The Labute approximate surface area is 107 Å². The fourth-order valence-electron chi connectivity index (χ4n) is 1.71. The van der Waals surface area contributed by atoms with Crippen LogP contribution in [0, 0.1) is 11.3 Å². The van der Waals surface area contributed by atoms with E-state index in [1.807, 2.05) is 54.6 Å². The summed E-state index contributed by atoms with van der Waals surface area (Å²) in [4.78, 5) is 0. The molecule has 0 fully saturated rings. The second-order valence-corrected chi connectivity index (χ2v) is 3.85. The lowest BCUT2D eigenvalue weighted by Crippen LogP contribution is -2.08. The lowest BCUT2D eigenvalue weighted by molar-refractivity contribution is 0.414. The number of ether oxygens (including phenoxy) is 1. The van der Waals surface area contributed by atoms with Crippen molar-refractivity contribution in [3.63, 3.8) is 0 Å². The Morgan fingerprint density at radius 1 is 1.11 bits per heavy atom. The van der Waals surface area contributed by atoms with Gasteiger partial charge in [-0.1, -0.05) is 30.3 Å². The number of anilines is 1. The van der Waals surface area contributed by atoms with Gasteiger partial charge in [0.15, 0.2) is 0 Å². The zero-order chi connectivity index (χ0) is 12.8. The molecule has 1 N–H and O–H groups in total. The number of benzene rings is 2. The first kappa shape index (κ1) is 12.0. The average Bonchev–Trinajstić information content (AvgIpc) is 2.46. The van der Waals surface area contributed by atoms with E-state index in [1.54, 1.807) is 7.11 Å². The van der Waals surface area contributed by atoms with Crippen molar-refractivity contribution in [2.45, 2.75) is 6.04 Å². The summed E-state index contributed by atoms with van der Waals surface area (Å²) in [5, 5.41) is 12.4. The summed E-state index contributed by atoms with van der Waals surface area (Å²) in [7, 11) is 1.62. The predicted molar refractivity (Wildman–Crippen MR) is 71.4 cm³/mol. The van der Waals surface area contributed by atoms with E-state index >= 15 is 0 Å². The second kappa shape index (κ2) is 5.74. The quantitative estimate of drug-likeness (QED) is 0.888. The Hall–Kier alpha value is -2.47. The van der Waals surface area contributed by atoms with Gasteiger partial charge in [0.1, 0.15) is 11.8 Å². The molecule has 3 nitrogen and oxygen atoms in total. The number of rotatable bonds is 4. The van der Waals surface area contributed by atoms with Crippen LogP contribution in [0.2, 0.25) is 0 Å². The number of hydrogen-bond acceptors (Lipinski definition) is 3. The van der Waals surface area contributed by atoms with Crippen LogP contribution in [0.5, 0.6) is 5.75 Å². The van der Waals surface area contributed by atoms with Crippen molar-refractivity contribution < 1.29 is 4.74 Å². The molecule has 2 aromatic carbocycles. The lowest BCUT2D eigenvalue weighted by atomic mass is 10.1. The third kappa shape index (κ3) is 2.80. The lowest BCUT2D eigenvalue weighted by Gasteiger charge is -2.14. The maximum Gasteiger partial charge on any atom is 0.140 e. The van der Waals surface area contributed by atoms with Crippen LogP contribution >= 0.6 is 0 Å². The average molecular weight is 238 g/mol. The van der Waals surface area contributed by atoms with Gasteiger partial charge >= 0.3 is 0 Å². The molecule has 0 radical (unpaired) electrons. The molecular formula is C15H14N2O. The Balaban J connectivity index is 2.21. The maximum absolute atomic E-state index is 9.25. The van der Waals surface area contributed by atoms with Gasteiger partial charge in [0, 0.05) is 5.69 Å². The predicted octanol–water partition coefficient (Wildman–Crippen LogP) is 3.37. The van der Waals surface area contributed by atoms with Gasteiger partial charge in [0.05, 0.1) is 13.2 Å². The summed E-state index contributed by atoms with van der Waals surface area (Å²) in [6, 6.07) is 19.1. The highest BCUT2D eigenvalue weighted by molar-refractivity contribution is 5.48. The van der Waals surface area contributed by atoms with Crippen LogP contribution < -0.4 is 10.1 Å². The van der Waals surface area contributed by atoms with Crippen LogP contribution in [0.15, 0.2) is 54.6 Å². The number of methoxy groups -OCH3 is 1. The molecule has 90 valence electrons. The van der Waals surface area contributed by atoms with E-state index in [1.165, 1.54) is 0 Å². The van der Waals surface area contributed by atoms with Crippen LogP contribution in [0.1, 0.15) is 11.6 Å². The van der Waals surface area contributed by atoms with Crippen LogP contribution in [-0.2, 0) is 0 Å². The van der Waals surface area contributed by atoms with Gasteiger partial charge in [-0.05, 0) is 29.8 Å². The van der Waals surface area contributed by atoms with Crippen molar-refractivity contribution in [3.8, 4) is 11.8 Å². The Kier molecular flexibility index (Phi) is 3.83. The first-order chi connectivity index (χ1) is 8.83. The molecule has 0 aliphatic heterocycles. The molecule has 1 unspecified atom stereocenters.